The predicted molar refractivity (Wildman–Crippen MR) is 94.4 cm³/mol. The Bertz CT molecular complexity index is 885. The third kappa shape index (κ3) is 3.34. The number of ether oxygens (including phenoxy) is 1. The summed E-state index contributed by atoms with van der Waals surface area (Å²) in [5.74, 6) is 0.494. The lowest BCUT2D eigenvalue weighted by Crippen LogP contribution is -2.43. The first-order chi connectivity index (χ1) is 11.8. The highest BCUT2D eigenvalue weighted by atomic mass is 32.2. The lowest BCUT2D eigenvalue weighted by atomic mass is 10.2. The fourth-order valence-corrected chi connectivity index (χ4v) is 3.92. The number of hydrogen-bond donors (Lipinski definition) is 1. The standard InChI is InChI=1S/C17H21N3O4S/c1-12(2)20-9-8-19-11-15(10-16(19)17(20)21)25(22,23)18-13-4-6-14(24-3)7-5-13/h4-7,10-12,18H,8-9H2,1-3H3. The van der Waals surface area contributed by atoms with Crippen LogP contribution in [-0.4, -0.2) is 43.5 Å². The van der Waals surface area contributed by atoms with Crippen LogP contribution in [0.4, 0.5) is 5.69 Å². The van der Waals surface area contributed by atoms with Gasteiger partial charge in [-0.3, -0.25) is 9.52 Å². The van der Waals surface area contributed by atoms with Gasteiger partial charge in [0.05, 0.1) is 7.11 Å². The zero-order chi connectivity index (χ0) is 18.2. The van der Waals surface area contributed by atoms with Crippen molar-refractivity contribution >= 4 is 21.6 Å². The zero-order valence-electron chi connectivity index (χ0n) is 14.4. The molecule has 0 bridgehead atoms. The number of hydrogen-bond acceptors (Lipinski definition) is 4. The molecule has 0 saturated heterocycles. The summed E-state index contributed by atoms with van der Waals surface area (Å²) in [6.07, 6.45) is 1.51. The number of aromatic nitrogens is 1. The molecule has 0 atom stereocenters. The quantitative estimate of drug-likeness (QED) is 0.883. The average Bonchev–Trinajstić information content (AvgIpc) is 3.01. The molecule has 3 rings (SSSR count). The maximum atomic E-state index is 12.6. The summed E-state index contributed by atoms with van der Waals surface area (Å²) in [5, 5.41) is 0. The number of benzene rings is 1. The molecule has 0 unspecified atom stereocenters. The summed E-state index contributed by atoms with van der Waals surface area (Å²) >= 11 is 0. The summed E-state index contributed by atoms with van der Waals surface area (Å²) in [4.78, 5) is 14.3. The number of nitrogens with zero attached hydrogens (tertiary/aromatic N) is 2. The van der Waals surface area contributed by atoms with Gasteiger partial charge in [-0.05, 0) is 44.2 Å². The lowest BCUT2D eigenvalue weighted by molar-refractivity contribution is 0.0649. The molecule has 1 N–H and O–H groups in total. The van der Waals surface area contributed by atoms with Crippen LogP contribution in [0.2, 0.25) is 0 Å². The number of amides is 1. The fraction of sp³-hybridized carbons (Fsp3) is 0.353. The van der Waals surface area contributed by atoms with Gasteiger partial charge in [-0.15, -0.1) is 0 Å². The maximum absolute atomic E-state index is 12.6. The Morgan fingerprint density at radius 1 is 1.16 bits per heavy atom. The van der Waals surface area contributed by atoms with Gasteiger partial charge in [0.25, 0.3) is 15.9 Å². The molecule has 0 saturated carbocycles. The molecular formula is C17H21N3O4S. The molecule has 7 nitrogen and oxygen atoms in total. The van der Waals surface area contributed by atoms with Crippen LogP contribution in [0, 0.1) is 0 Å². The minimum absolute atomic E-state index is 0.0774. The minimum Gasteiger partial charge on any atom is -0.497 e. The molecule has 1 aromatic carbocycles. The fourth-order valence-electron chi connectivity index (χ4n) is 2.82. The highest BCUT2D eigenvalue weighted by Crippen LogP contribution is 2.24. The van der Waals surface area contributed by atoms with Gasteiger partial charge >= 0.3 is 0 Å². The first-order valence-electron chi connectivity index (χ1n) is 8.00. The summed E-state index contributed by atoms with van der Waals surface area (Å²) in [5.41, 5.74) is 0.829. The number of methoxy groups -OCH3 is 1. The molecule has 1 aliphatic rings. The second-order valence-electron chi connectivity index (χ2n) is 6.18. The Labute approximate surface area is 147 Å². The van der Waals surface area contributed by atoms with Crippen LogP contribution in [0.5, 0.6) is 5.75 Å². The zero-order valence-corrected chi connectivity index (χ0v) is 15.2. The average molecular weight is 363 g/mol. The Balaban J connectivity index is 1.86. The van der Waals surface area contributed by atoms with Crippen LogP contribution in [0.25, 0.3) is 0 Å². The number of anilines is 1. The monoisotopic (exact) mass is 363 g/mol. The highest BCUT2D eigenvalue weighted by Gasteiger charge is 2.29. The number of nitrogens with one attached hydrogen (secondary N) is 1. The molecule has 1 amide bonds. The summed E-state index contributed by atoms with van der Waals surface area (Å²) in [6.45, 7) is 5.04. The van der Waals surface area contributed by atoms with Crippen LogP contribution in [0.1, 0.15) is 24.3 Å². The van der Waals surface area contributed by atoms with Gasteiger partial charge < -0.3 is 14.2 Å². The molecule has 0 fully saturated rings. The highest BCUT2D eigenvalue weighted by molar-refractivity contribution is 7.92. The van der Waals surface area contributed by atoms with Crippen LogP contribution < -0.4 is 9.46 Å². The van der Waals surface area contributed by atoms with Gasteiger partial charge in [0.1, 0.15) is 16.3 Å². The van der Waals surface area contributed by atoms with Gasteiger partial charge in [-0.25, -0.2) is 8.42 Å². The van der Waals surface area contributed by atoms with Crippen LogP contribution in [-0.2, 0) is 16.6 Å². The number of rotatable bonds is 5. The van der Waals surface area contributed by atoms with E-state index in [2.05, 4.69) is 4.72 Å². The molecule has 0 radical (unpaired) electrons. The number of fused-ring (bicyclic) bond motifs is 1. The van der Waals surface area contributed by atoms with Crippen molar-refractivity contribution in [3.8, 4) is 5.75 Å². The van der Waals surface area contributed by atoms with E-state index in [0.717, 1.165) is 0 Å². The van der Waals surface area contributed by atoms with Crippen LogP contribution in [0.15, 0.2) is 41.4 Å². The Kier molecular flexibility index (Phi) is 4.47. The molecule has 2 aromatic rings. The van der Waals surface area contributed by atoms with Crippen molar-refractivity contribution in [2.45, 2.75) is 31.3 Å². The second-order valence-corrected chi connectivity index (χ2v) is 7.86. The molecule has 1 aliphatic heterocycles. The first-order valence-corrected chi connectivity index (χ1v) is 9.48. The second kappa shape index (κ2) is 6.44. The van der Waals surface area contributed by atoms with E-state index in [0.29, 0.717) is 30.2 Å². The molecule has 0 spiro atoms. The molecular weight excluding hydrogens is 342 g/mol. The Morgan fingerprint density at radius 2 is 1.84 bits per heavy atom. The van der Waals surface area contributed by atoms with Gasteiger partial charge in [-0.2, -0.15) is 0 Å². The minimum atomic E-state index is -3.77. The molecule has 1 aromatic heterocycles. The third-order valence-electron chi connectivity index (χ3n) is 4.21. The lowest BCUT2D eigenvalue weighted by Gasteiger charge is -2.31. The van der Waals surface area contributed by atoms with Crippen molar-refractivity contribution in [2.75, 3.05) is 18.4 Å². The van der Waals surface area contributed by atoms with E-state index in [1.165, 1.54) is 12.3 Å². The van der Waals surface area contributed by atoms with E-state index in [1.807, 2.05) is 13.8 Å². The van der Waals surface area contributed by atoms with Gasteiger partial charge in [0, 0.05) is 31.0 Å². The van der Waals surface area contributed by atoms with Gasteiger partial charge in [0.2, 0.25) is 0 Å². The SMILES string of the molecule is COc1ccc(NS(=O)(=O)c2cc3n(c2)CCN(C(C)C)C3=O)cc1. The van der Waals surface area contributed by atoms with E-state index in [1.54, 1.807) is 40.8 Å². The Morgan fingerprint density at radius 3 is 2.44 bits per heavy atom. The van der Waals surface area contributed by atoms with Crippen molar-refractivity contribution in [3.05, 3.63) is 42.2 Å². The van der Waals surface area contributed by atoms with Crippen LogP contribution >= 0.6 is 0 Å². The smallest absolute Gasteiger partial charge is 0.270 e. The summed E-state index contributed by atoms with van der Waals surface area (Å²) in [6, 6.07) is 8.10. The third-order valence-corrected chi connectivity index (χ3v) is 5.56. The Hall–Kier alpha value is -2.48. The van der Waals surface area contributed by atoms with E-state index in [9.17, 15) is 13.2 Å². The van der Waals surface area contributed by atoms with E-state index >= 15 is 0 Å². The van der Waals surface area contributed by atoms with E-state index in [4.69, 9.17) is 4.74 Å². The van der Waals surface area contributed by atoms with Crippen molar-refractivity contribution < 1.29 is 17.9 Å². The summed E-state index contributed by atoms with van der Waals surface area (Å²) < 4.78 is 34.5. The van der Waals surface area contributed by atoms with Crippen molar-refractivity contribution in [1.29, 1.82) is 0 Å². The molecule has 8 heteroatoms. The van der Waals surface area contributed by atoms with Crippen molar-refractivity contribution in [2.24, 2.45) is 0 Å². The molecule has 0 aliphatic carbocycles. The largest absolute Gasteiger partial charge is 0.497 e. The normalized spacial score (nSPS) is 14.6. The summed E-state index contributed by atoms with van der Waals surface area (Å²) in [7, 11) is -2.23. The predicted octanol–water partition coefficient (Wildman–Crippen LogP) is 2.16. The van der Waals surface area contributed by atoms with E-state index < -0.39 is 10.0 Å². The molecule has 134 valence electrons. The molecule has 2 heterocycles. The van der Waals surface area contributed by atoms with E-state index in [-0.39, 0.29) is 16.8 Å². The van der Waals surface area contributed by atoms with Gasteiger partial charge in [0.15, 0.2) is 0 Å². The van der Waals surface area contributed by atoms with Crippen molar-refractivity contribution in [3.63, 3.8) is 0 Å². The first kappa shape index (κ1) is 17.3. The van der Waals surface area contributed by atoms with Gasteiger partial charge in [-0.1, -0.05) is 0 Å². The number of sulfonamides is 1. The maximum Gasteiger partial charge on any atom is 0.270 e. The van der Waals surface area contributed by atoms with Crippen LogP contribution in [0.3, 0.4) is 0 Å². The number of carbonyl (C=O) groups excluding carboxylic acids is 1. The van der Waals surface area contributed by atoms with Crippen molar-refractivity contribution in [1.82, 2.24) is 9.47 Å². The number of carbonyl (C=O) groups is 1. The topological polar surface area (TPSA) is 80.6 Å². The molecule has 25 heavy (non-hydrogen) atoms.